The molecule has 0 bridgehead atoms. The maximum Gasteiger partial charge on any atom is 0.407 e. The molecule has 1 saturated heterocycles. The first-order valence-electron chi connectivity index (χ1n) is 5.61. The molecule has 1 rings (SSSR count). The highest BCUT2D eigenvalue weighted by atomic mass is 16.6. The number of likely N-dealkylation sites (N-methyl/N-ethyl adjacent to an activating group) is 1. The number of aliphatic hydroxyl groups excluding tert-OH is 1. The number of carbonyl (C=O) groups is 1. The van der Waals surface area contributed by atoms with Crippen molar-refractivity contribution in [3.8, 4) is 0 Å². The van der Waals surface area contributed by atoms with Gasteiger partial charge in [0.05, 0.1) is 6.04 Å². The molecule has 1 aliphatic rings. The number of alkyl carbamates (subject to hydrolysis) is 1. The minimum Gasteiger partial charge on any atom is -0.444 e. The van der Waals surface area contributed by atoms with Crippen LogP contribution in [0.25, 0.3) is 0 Å². The molecule has 1 amide bonds. The molecule has 0 radical (unpaired) electrons. The van der Waals surface area contributed by atoms with Crippen molar-refractivity contribution in [2.24, 2.45) is 5.92 Å². The van der Waals surface area contributed by atoms with Crippen molar-refractivity contribution in [3.63, 3.8) is 0 Å². The summed E-state index contributed by atoms with van der Waals surface area (Å²) in [5.74, 6) is 0.0949. The third-order valence-corrected chi connectivity index (χ3v) is 2.56. The van der Waals surface area contributed by atoms with Crippen molar-refractivity contribution in [2.75, 3.05) is 26.7 Å². The molecule has 5 nitrogen and oxygen atoms in total. The summed E-state index contributed by atoms with van der Waals surface area (Å²) in [4.78, 5) is 13.6. The Labute approximate surface area is 96.8 Å². The minimum atomic E-state index is -0.483. The summed E-state index contributed by atoms with van der Waals surface area (Å²) in [6.45, 7) is 7.14. The topological polar surface area (TPSA) is 61.8 Å². The van der Waals surface area contributed by atoms with Gasteiger partial charge >= 0.3 is 6.09 Å². The Balaban J connectivity index is 2.44. The van der Waals surface area contributed by atoms with Crippen molar-refractivity contribution in [1.82, 2.24) is 10.2 Å². The quantitative estimate of drug-likeness (QED) is 0.722. The van der Waals surface area contributed by atoms with Crippen LogP contribution in [-0.2, 0) is 4.74 Å². The predicted octanol–water partition coefficient (Wildman–Crippen LogP) is 0.434. The zero-order valence-corrected chi connectivity index (χ0v) is 10.5. The first kappa shape index (κ1) is 13.3. The third kappa shape index (κ3) is 3.98. The van der Waals surface area contributed by atoms with E-state index in [1.165, 1.54) is 0 Å². The second-order valence-electron chi connectivity index (χ2n) is 5.42. The van der Waals surface area contributed by atoms with Gasteiger partial charge in [-0.05, 0) is 27.8 Å². The summed E-state index contributed by atoms with van der Waals surface area (Å²) < 4.78 is 5.18. The second kappa shape index (κ2) is 5.01. The van der Waals surface area contributed by atoms with Gasteiger partial charge in [0.25, 0.3) is 0 Å². The van der Waals surface area contributed by atoms with Crippen LogP contribution in [0.1, 0.15) is 20.8 Å². The van der Waals surface area contributed by atoms with Gasteiger partial charge in [-0.3, -0.25) is 0 Å². The fourth-order valence-electron chi connectivity index (χ4n) is 1.89. The number of nitrogens with one attached hydrogen (secondary N) is 1. The van der Waals surface area contributed by atoms with E-state index >= 15 is 0 Å². The lowest BCUT2D eigenvalue weighted by atomic mass is 10.1. The molecular weight excluding hydrogens is 208 g/mol. The number of nitrogens with zero attached hydrogens (tertiary/aromatic N) is 1. The molecule has 5 heteroatoms. The molecule has 1 aliphatic heterocycles. The monoisotopic (exact) mass is 230 g/mol. The molecule has 0 saturated carbocycles. The molecule has 0 aromatic heterocycles. The van der Waals surface area contributed by atoms with Gasteiger partial charge in [-0.25, -0.2) is 4.79 Å². The number of hydrogen-bond acceptors (Lipinski definition) is 4. The number of rotatable bonds is 2. The maximum absolute atomic E-state index is 11.5. The van der Waals surface area contributed by atoms with Gasteiger partial charge in [-0.1, -0.05) is 0 Å². The van der Waals surface area contributed by atoms with E-state index < -0.39 is 11.7 Å². The molecule has 2 atom stereocenters. The van der Waals surface area contributed by atoms with Crippen molar-refractivity contribution in [2.45, 2.75) is 32.4 Å². The summed E-state index contributed by atoms with van der Waals surface area (Å²) in [5, 5.41) is 12.0. The second-order valence-corrected chi connectivity index (χ2v) is 5.42. The Hall–Kier alpha value is -0.810. The fourth-order valence-corrected chi connectivity index (χ4v) is 1.89. The zero-order chi connectivity index (χ0) is 12.3. The lowest BCUT2D eigenvalue weighted by Crippen LogP contribution is -2.43. The first-order valence-corrected chi connectivity index (χ1v) is 5.61. The van der Waals surface area contributed by atoms with Crippen LogP contribution in [0.4, 0.5) is 4.79 Å². The minimum absolute atomic E-state index is 0.0233. The molecule has 94 valence electrons. The number of likely N-dealkylation sites (tertiary alicyclic amines) is 1. The van der Waals surface area contributed by atoms with E-state index in [-0.39, 0.29) is 18.6 Å². The predicted molar refractivity (Wildman–Crippen MR) is 61.2 cm³/mol. The summed E-state index contributed by atoms with van der Waals surface area (Å²) >= 11 is 0. The van der Waals surface area contributed by atoms with Crippen LogP contribution in [0, 0.1) is 5.92 Å². The molecule has 2 N–H and O–H groups in total. The van der Waals surface area contributed by atoms with E-state index in [1.807, 2.05) is 27.8 Å². The van der Waals surface area contributed by atoms with Crippen LogP contribution < -0.4 is 5.32 Å². The average Bonchev–Trinajstić information content (AvgIpc) is 2.42. The standard InChI is InChI=1S/C11H22N2O3/c1-11(2,3)16-10(15)12-9-6-13(4)5-8(9)7-14/h8-9,14H,5-7H2,1-4H3,(H,12,15)/t8-,9-/m1/s1. The number of ether oxygens (including phenoxy) is 1. The number of aliphatic hydroxyl groups is 1. The Bertz CT molecular complexity index is 250. The zero-order valence-electron chi connectivity index (χ0n) is 10.5. The number of hydrogen-bond donors (Lipinski definition) is 2. The molecule has 0 unspecified atom stereocenters. The Morgan fingerprint density at radius 1 is 1.50 bits per heavy atom. The van der Waals surface area contributed by atoms with E-state index in [2.05, 4.69) is 10.2 Å². The van der Waals surface area contributed by atoms with Gasteiger partial charge in [0, 0.05) is 25.6 Å². The SMILES string of the molecule is CN1C[C@H](CO)[C@H](NC(=O)OC(C)(C)C)C1. The van der Waals surface area contributed by atoms with Crippen molar-refractivity contribution in [3.05, 3.63) is 0 Å². The molecular formula is C11H22N2O3. The van der Waals surface area contributed by atoms with Crippen molar-refractivity contribution >= 4 is 6.09 Å². The van der Waals surface area contributed by atoms with Crippen LogP contribution in [0.5, 0.6) is 0 Å². The molecule has 0 aromatic carbocycles. The van der Waals surface area contributed by atoms with Gasteiger partial charge in [-0.15, -0.1) is 0 Å². The van der Waals surface area contributed by atoms with Gasteiger partial charge in [-0.2, -0.15) is 0 Å². The van der Waals surface area contributed by atoms with Crippen LogP contribution in [0.3, 0.4) is 0 Å². The highest BCUT2D eigenvalue weighted by molar-refractivity contribution is 5.68. The van der Waals surface area contributed by atoms with Crippen LogP contribution in [-0.4, -0.2) is 54.5 Å². The first-order chi connectivity index (χ1) is 7.31. The number of carbonyl (C=O) groups excluding carboxylic acids is 1. The highest BCUT2D eigenvalue weighted by Gasteiger charge is 2.32. The lowest BCUT2D eigenvalue weighted by Gasteiger charge is -2.23. The Kier molecular flexibility index (Phi) is 4.15. The smallest absolute Gasteiger partial charge is 0.407 e. The van der Waals surface area contributed by atoms with Gasteiger partial charge < -0.3 is 20.1 Å². The van der Waals surface area contributed by atoms with E-state index in [0.717, 1.165) is 13.1 Å². The third-order valence-electron chi connectivity index (χ3n) is 2.56. The van der Waals surface area contributed by atoms with Crippen molar-refractivity contribution in [1.29, 1.82) is 0 Å². The molecule has 0 aromatic rings. The summed E-state index contributed by atoms with van der Waals surface area (Å²) in [7, 11) is 1.97. The Morgan fingerprint density at radius 3 is 2.62 bits per heavy atom. The Morgan fingerprint density at radius 2 is 2.12 bits per heavy atom. The fraction of sp³-hybridized carbons (Fsp3) is 0.909. The summed E-state index contributed by atoms with van der Waals surface area (Å²) in [5.41, 5.74) is -0.483. The number of amides is 1. The summed E-state index contributed by atoms with van der Waals surface area (Å²) in [6, 6.07) is -0.0233. The van der Waals surface area contributed by atoms with E-state index in [4.69, 9.17) is 4.74 Å². The van der Waals surface area contributed by atoms with Crippen LogP contribution in [0.15, 0.2) is 0 Å². The largest absolute Gasteiger partial charge is 0.444 e. The maximum atomic E-state index is 11.5. The van der Waals surface area contributed by atoms with Gasteiger partial charge in [0.15, 0.2) is 0 Å². The van der Waals surface area contributed by atoms with Crippen LogP contribution >= 0.6 is 0 Å². The van der Waals surface area contributed by atoms with Crippen molar-refractivity contribution < 1.29 is 14.6 Å². The molecule has 1 fully saturated rings. The summed E-state index contributed by atoms with van der Waals surface area (Å²) in [6.07, 6.45) is -0.411. The normalized spacial score (nSPS) is 26.8. The lowest BCUT2D eigenvalue weighted by molar-refractivity contribution is 0.0488. The molecule has 0 aliphatic carbocycles. The molecule has 1 heterocycles. The highest BCUT2D eigenvalue weighted by Crippen LogP contribution is 2.15. The molecule has 16 heavy (non-hydrogen) atoms. The van der Waals surface area contributed by atoms with Gasteiger partial charge in [0.1, 0.15) is 5.60 Å². The van der Waals surface area contributed by atoms with E-state index in [9.17, 15) is 9.90 Å². The van der Waals surface area contributed by atoms with E-state index in [1.54, 1.807) is 0 Å². The van der Waals surface area contributed by atoms with Gasteiger partial charge in [0.2, 0.25) is 0 Å². The molecule has 0 spiro atoms. The average molecular weight is 230 g/mol. The van der Waals surface area contributed by atoms with Crippen LogP contribution in [0.2, 0.25) is 0 Å². The van der Waals surface area contributed by atoms with E-state index in [0.29, 0.717) is 0 Å².